The summed E-state index contributed by atoms with van der Waals surface area (Å²) in [6.45, 7) is 0.122. The molecule has 2 aromatic heterocycles. The van der Waals surface area contributed by atoms with Gasteiger partial charge in [-0.1, -0.05) is 18.2 Å². The number of halogens is 1. The number of carbonyl (C=O) groups excluding carboxylic acids is 1. The summed E-state index contributed by atoms with van der Waals surface area (Å²) in [4.78, 5) is 16.2. The fourth-order valence-electron chi connectivity index (χ4n) is 1.91. The first-order chi connectivity index (χ1) is 9.75. The van der Waals surface area contributed by atoms with Crippen LogP contribution in [0.5, 0.6) is 0 Å². The minimum absolute atomic E-state index is 0.122. The molecule has 3 aromatic rings. The van der Waals surface area contributed by atoms with Gasteiger partial charge < -0.3 is 5.32 Å². The molecule has 100 valence electrons. The molecular weight excluding hydrogens is 259 g/mol. The molecule has 1 aromatic carbocycles. The molecule has 0 aliphatic rings. The number of hydrogen-bond acceptors (Lipinski definition) is 3. The number of carbonyl (C=O) groups is 1. The zero-order valence-corrected chi connectivity index (χ0v) is 10.5. The topological polar surface area (TPSA) is 59.3 Å². The normalized spacial score (nSPS) is 10.7. The highest BCUT2D eigenvalue weighted by Crippen LogP contribution is 2.07. The lowest BCUT2D eigenvalue weighted by Crippen LogP contribution is -2.25. The molecule has 0 bridgehead atoms. The standard InChI is InChI=1S/C14H11FN4O/c15-11-4-2-1-3-10(11)9-17-14(20)12-5-7-16-13-6-8-18-19(12)13/h1-8H,9H2,(H,17,20). The summed E-state index contributed by atoms with van der Waals surface area (Å²) in [6.07, 6.45) is 3.10. The zero-order chi connectivity index (χ0) is 13.9. The van der Waals surface area contributed by atoms with Crippen LogP contribution in [0.3, 0.4) is 0 Å². The average molecular weight is 270 g/mol. The van der Waals surface area contributed by atoms with Crippen LogP contribution in [0, 0.1) is 5.82 Å². The Morgan fingerprint density at radius 1 is 1.20 bits per heavy atom. The molecule has 5 nitrogen and oxygen atoms in total. The molecule has 0 saturated carbocycles. The lowest BCUT2D eigenvalue weighted by molar-refractivity contribution is 0.0943. The van der Waals surface area contributed by atoms with Crippen LogP contribution in [0.1, 0.15) is 16.1 Å². The van der Waals surface area contributed by atoms with E-state index < -0.39 is 0 Å². The van der Waals surface area contributed by atoms with Gasteiger partial charge in [-0.15, -0.1) is 0 Å². The first-order valence-electron chi connectivity index (χ1n) is 6.06. The van der Waals surface area contributed by atoms with Gasteiger partial charge in [-0.25, -0.2) is 13.9 Å². The highest BCUT2D eigenvalue weighted by molar-refractivity contribution is 5.92. The van der Waals surface area contributed by atoms with Crippen LogP contribution in [-0.4, -0.2) is 20.5 Å². The molecule has 1 amide bonds. The second-order valence-electron chi connectivity index (χ2n) is 4.21. The summed E-state index contributed by atoms with van der Waals surface area (Å²) >= 11 is 0. The van der Waals surface area contributed by atoms with E-state index in [1.165, 1.54) is 16.8 Å². The van der Waals surface area contributed by atoms with Crippen molar-refractivity contribution in [3.63, 3.8) is 0 Å². The van der Waals surface area contributed by atoms with Crippen LogP contribution in [0.25, 0.3) is 5.65 Å². The third-order valence-corrected chi connectivity index (χ3v) is 2.92. The van der Waals surface area contributed by atoms with E-state index >= 15 is 0 Å². The second-order valence-corrected chi connectivity index (χ2v) is 4.21. The van der Waals surface area contributed by atoms with Gasteiger partial charge in [-0.3, -0.25) is 4.79 Å². The number of aromatic nitrogens is 3. The number of fused-ring (bicyclic) bond motifs is 1. The van der Waals surface area contributed by atoms with Crippen molar-refractivity contribution < 1.29 is 9.18 Å². The quantitative estimate of drug-likeness (QED) is 0.789. The monoisotopic (exact) mass is 270 g/mol. The Balaban J connectivity index is 1.80. The molecule has 20 heavy (non-hydrogen) atoms. The number of nitrogens with one attached hydrogen (secondary N) is 1. The Kier molecular flexibility index (Phi) is 3.12. The fraction of sp³-hybridized carbons (Fsp3) is 0.0714. The number of rotatable bonds is 3. The van der Waals surface area contributed by atoms with E-state index in [1.807, 2.05) is 0 Å². The highest BCUT2D eigenvalue weighted by Gasteiger charge is 2.11. The van der Waals surface area contributed by atoms with Crippen LogP contribution in [-0.2, 0) is 6.54 Å². The van der Waals surface area contributed by atoms with E-state index in [9.17, 15) is 9.18 Å². The Labute approximate surface area is 114 Å². The van der Waals surface area contributed by atoms with Crippen molar-refractivity contribution in [2.24, 2.45) is 0 Å². The number of hydrogen-bond donors (Lipinski definition) is 1. The molecule has 3 rings (SSSR count). The van der Waals surface area contributed by atoms with Gasteiger partial charge in [-0.05, 0) is 12.1 Å². The smallest absolute Gasteiger partial charge is 0.270 e. The minimum atomic E-state index is -0.341. The van der Waals surface area contributed by atoms with E-state index in [-0.39, 0.29) is 18.3 Å². The first-order valence-corrected chi connectivity index (χ1v) is 6.06. The van der Waals surface area contributed by atoms with Crippen molar-refractivity contribution in [2.75, 3.05) is 0 Å². The zero-order valence-electron chi connectivity index (χ0n) is 10.5. The maximum atomic E-state index is 13.5. The highest BCUT2D eigenvalue weighted by atomic mass is 19.1. The number of nitrogens with zero attached hydrogens (tertiary/aromatic N) is 3. The van der Waals surface area contributed by atoms with Crippen molar-refractivity contribution in [1.82, 2.24) is 19.9 Å². The van der Waals surface area contributed by atoms with Gasteiger partial charge >= 0.3 is 0 Å². The van der Waals surface area contributed by atoms with Gasteiger partial charge in [-0.2, -0.15) is 5.10 Å². The van der Waals surface area contributed by atoms with Crippen LogP contribution in [0.4, 0.5) is 4.39 Å². The second kappa shape index (κ2) is 5.08. The fourth-order valence-corrected chi connectivity index (χ4v) is 1.91. The number of amides is 1. The van der Waals surface area contributed by atoms with Gasteiger partial charge in [0.15, 0.2) is 5.65 Å². The Hall–Kier alpha value is -2.76. The summed E-state index contributed by atoms with van der Waals surface area (Å²) in [5.41, 5.74) is 1.38. The molecule has 0 radical (unpaired) electrons. The summed E-state index contributed by atoms with van der Waals surface area (Å²) in [5.74, 6) is -0.670. The predicted octanol–water partition coefficient (Wildman–Crippen LogP) is 1.80. The van der Waals surface area contributed by atoms with E-state index in [0.29, 0.717) is 16.9 Å². The molecule has 0 unspecified atom stereocenters. The molecule has 0 aliphatic heterocycles. The summed E-state index contributed by atoms with van der Waals surface area (Å²) < 4.78 is 14.9. The molecule has 0 spiro atoms. The van der Waals surface area contributed by atoms with E-state index in [1.54, 1.807) is 36.5 Å². The van der Waals surface area contributed by atoms with Crippen molar-refractivity contribution in [1.29, 1.82) is 0 Å². The summed E-state index contributed by atoms with van der Waals surface area (Å²) in [6, 6.07) is 9.59. The SMILES string of the molecule is O=C(NCc1ccccc1F)c1ccnc2ccnn12. The van der Waals surface area contributed by atoms with Crippen LogP contribution < -0.4 is 5.32 Å². The van der Waals surface area contributed by atoms with Crippen molar-refractivity contribution in [3.8, 4) is 0 Å². The van der Waals surface area contributed by atoms with Gasteiger partial charge in [0.05, 0.1) is 6.20 Å². The molecule has 1 N–H and O–H groups in total. The first kappa shape index (κ1) is 12.3. The molecule has 6 heteroatoms. The van der Waals surface area contributed by atoms with Crippen LogP contribution >= 0.6 is 0 Å². The van der Waals surface area contributed by atoms with Crippen molar-refractivity contribution >= 4 is 11.6 Å². The molecule has 0 saturated heterocycles. The Morgan fingerprint density at radius 3 is 2.90 bits per heavy atom. The summed E-state index contributed by atoms with van der Waals surface area (Å²) in [7, 11) is 0. The molecule has 0 aliphatic carbocycles. The van der Waals surface area contributed by atoms with Crippen LogP contribution in [0.15, 0.2) is 48.8 Å². The average Bonchev–Trinajstić information content (AvgIpc) is 2.94. The van der Waals surface area contributed by atoms with E-state index in [2.05, 4.69) is 15.4 Å². The Morgan fingerprint density at radius 2 is 2.05 bits per heavy atom. The van der Waals surface area contributed by atoms with Gasteiger partial charge in [0, 0.05) is 24.4 Å². The third kappa shape index (κ3) is 2.23. The van der Waals surface area contributed by atoms with Crippen LogP contribution in [0.2, 0.25) is 0 Å². The molecule has 0 fully saturated rings. The maximum absolute atomic E-state index is 13.5. The van der Waals surface area contributed by atoms with Crippen molar-refractivity contribution in [3.05, 3.63) is 65.9 Å². The van der Waals surface area contributed by atoms with Gasteiger partial charge in [0.25, 0.3) is 5.91 Å². The lowest BCUT2D eigenvalue weighted by atomic mass is 10.2. The molecule has 0 atom stereocenters. The maximum Gasteiger partial charge on any atom is 0.270 e. The lowest BCUT2D eigenvalue weighted by Gasteiger charge is -2.07. The van der Waals surface area contributed by atoms with Gasteiger partial charge in [0.2, 0.25) is 0 Å². The third-order valence-electron chi connectivity index (χ3n) is 2.92. The largest absolute Gasteiger partial charge is 0.347 e. The molecule has 2 heterocycles. The van der Waals surface area contributed by atoms with E-state index in [4.69, 9.17) is 0 Å². The van der Waals surface area contributed by atoms with Gasteiger partial charge in [0.1, 0.15) is 11.5 Å². The number of benzene rings is 1. The summed E-state index contributed by atoms with van der Waals surface area (Å²) in [5, 5.41) is 6.70. The van der Waals surface area contributed by atoms with E-state index in [0.717, 1.165) is 0 Å². The molecular formula is C14H11FN4O. The minimum Gasteiger partial charge on any atom is -0.347 e. The van der Waals surface area contributed by atoms with Crippen molar-refractivity contribution in [2.45, 2.75) is 6.54 Å². The predicted molar refractivity (Wildman–Crippen MR) is 70.6 cm³/mol. The Bertz CT molecular complexity index is 768.